The zero-order chi connectivity index (χ0) is 29.8. The number of anilines is 1. The summed E-state index contributed by atoms with van der Waals surface area (Å²) in [5, 5.41) is 8.98. The molecule has 1 aromatic heterocycles. The van der Waals surface area contributed by atoms with Crippen LogP contribution in [-0.4, -0.2) is 48.4 Å². The number of Topliss-reactive ketones (excluding diaryl/α,β-unsaturated/α-hetero) is 1. The van der Waals surface area contributed by atoms with Crippen LogP contribution < -0.4 is 20.1 Å². The minimum absolute atomic E-state index is 0.0876. The maximum Gasteiger partial charge on any atom is 0.341 e. The molecular formula is C29H26I2N2O8. The van der Waals surface area contributed by atoms with E-state index in [1.54, 1.807) is 42.5 Å². The van der Waals surface area contributed by atoms with Gasteiger partial charge in [0.05, 0.1) is 25.4 Å². The number of carboxylic acid groups (broad SMARTS) is 1. The van der Waals surface area contributed by atoms with Gasteiger partial charge in [0.2, 0.25) is 0 Å². The van der Waals surface area contributed by atoms with Crippen molar-refractivity contribution in [2.45, 2.75) is 32.2 Å². The van der Waals surface area contributed by atoms with Crippen LogP contribution in [0.2, 0.25) is 0 Å². The zero-order valence-electron chi connectivity index (χ0n) is 22.1. The number of hydrogen-bond donors (Lipinski definition) is 2. The maximum atomic E-state index is 14.0. The number of benzene rings is 2. The van der Waals surface area contributed by atoms with E-state index >= 15 is 0 Å². The first-order valence-corrected chi connectivity index (χ1v) is 14.7. The van der Waals surface area contributed by atoms with E-state index in [0.717, 1.165) is 17.7 Å². The van der Waals surface area contributed by atoms with Gasteiger partial charge in [-0.25, -0.2) is 9.59 Å². The number of nitrogens with two attached hydrogens (primary N) is 1. The predicted octanol–water partition coefficient (Wildman–Crippen LogP) is 5.70. The van der Waals surface area contributed by atoms with Crippen LogP contribution in [0.25, 0.3) is 6.08 Å². The fraction of sp³-hybridized carbons (Fsp3) is 0.241. The summed E-state index contributed by atoms with van der Waals surface area (Å²) < 4.78 is 17.7. The standard InChI is InChI=1S/C29H26I2N2O8/c1-3-4-5-21-24(26(36)15-12-18(30)28(19(31)13-15)40-14-23(34)35)25-22(41-21)11-10-20(27(25)37)33(29(32)38)16-6-8-17(39-2)9-7-16/h6-13,20H,3-5,14H2,1-2H3,(H2,32,38)(H,34,35). The fourth-order valence-electron chi connectivity index (χ4n) is 4.50. The molecule has 0 saturated heterocycles. The Morgan fingerprint density at radius 1 is 1.12 bits per heavy atom. The molecule has 3 N–H and O–H groups in total. The van der Waals surface area contributed by atoms with Gasteiger partial charge in [0.25, 0.3) is 0 Å². The number of fused-ring (bicyclic) bond motifs is 1. The molecule has 41 heavy (non-hydrogen) atoms. The lowest BCUT2D eigenvalue weighted by Gasteiger charge is -2.29. The number of ether oxygens (including phenoxy) is 2. The number of carboxylic acids is 1. The number of furan rings is 1. The van der Waals surface area contributed by atoms with Gasteiger partial charge in [0, 0.05) is 17.7 Å². The topological polar surface area (TPSA) is 149 Å². The van der Waals surface area contributed by atoms with Crippen molar-refractivity contribution in [1.29, 1.82) is 0 Å². The van der Waals surface area contributed by atoms with Gasteiger partial charge in [-0.15, -0.1) is 0 Å². The highest BCUT2D eigenvalue weighted by Crippen LogP contribution is 2.36. The molecule has 0 saturated carbocycles. The highest BCUT2D eigenvalue weighted by atomic mass is 127. The summed E-state index contributed by atoms with van der Waals surface area (Å²) in [4.78, 5) is 52.8. The Kier molecular flexibility index (Phi) is 9.73. The average molecular weight is 784 g/mol. The molecule has 12 heteroatoms. The molecule has 3 aromatic rings. The van der Waals surface area contributed by atoms with Gasteiger partial charge < -0.3 is 24.7 Å². The number of halogens is 2. The molecule has 1 atom stereocenters. The van der Waals surface area contributed by atoms with Gasteiger partial charge in [0.15, 0.2) is 18.2 Å². The number of amides is 2. The number of primary amides is 1. The number of carbonyl (C=O) groups is 4. The molecule has 1 heterocycles. The molecule has 2 aromatic carbocycles. The molecule has 0 bridgehead atoms. The SMILES string of the molecule is CCCCc1oc2c(c1C(=O)c1cc(I)c(OCC(=O)O)c(I)c1)C(=O)C(N(C(N)=O)c1ccc(OC)cc1)C=C2. The number of urea groups is 1. The summed E-state index contributed by atoms with van der Waals surface area (Å²) in [5.41, 5.74) is 6.62. The average Bonchev–Trinajstić information content (AvgIpc) is 3.31. The number of rotatable bonds is 11. The third-order valence-electron chi connectivity index (χ3n) is 6.40. The minimum atomic E-state index is -1.12. The van der Waals surface area contributed by atoms with Crippen LogP contribution >= 0.6 is 45.2 Å². The van der Waals surface area contributed by atoms with Crippen LogP contribution in [0.4, 0.5) is 10.5 Å². The monoisotopic (exact) mass is 784 g/mol. The Hall–Kier alpha value is -3.40. The lowest BCUT2D eigenvalue weighted by molar-refractivity contribution is -0.139. The van der Waals surface area contributed by atoms with Crippen molar-refractivity contribution in [3.63, 3.8) is 0 Å². The van der Waals surface area contributed by atoms with Gasteiger partial charge in [0.1, 0.15) is 29.1 Å². The number of nitrogens with zero attached hydrogens (tertiary/aromatic N) is 1. The Morgan fingerprint density at radius 2 is 1.78 bits per heavy atom. The number of methoxy groups -OCH3 is 1. The van der Waals surface area contributed by atoms with E-state index in [4.69, 9.17) is 24.7 Å². The predicted molar refractivity (Wildman–Crippen MR) is 168 cm³/mol. The van der Waals surface area contributed by atoms with Crippen molar-refractivity contribution >= 4 is 80.5 Å². The van der Waals surface area contributed by atoms with E-state index in [9.17, 15) is 19.2 Å². The van der Waals surface area contributed by atoms with E-state index in [-0.39, 0.29) is 22.5 Å². The van der Waals surface area contributed by atoms with Crippen LogP contribution in [0.5, 0.6) is 11.5 Å². The summed E-state index contributed by atoms with van der Waals surface area (Å²) in [5.74, 6) is -0.517. The molecular weight excluding hydrogens is 758 g/mol. The smallest absolute Gasteiger partial charge is 0.341 e. The van der Waals surface area contributed by atoms with Crippen molar-refractivity contribution in [2.75, 3.05) is 18.6 Å². The van der Waals surface area contributed by atoms with Crippen LogP contribution in [0, 0.1) is 7.14 Å². The molecule has 1 aliphatic rings. The highest BCUT2D eigenvalue weighted by molar-refractivity contribution is 14.1. The van der Waals surface area contributed by atoms with E-state index in [2.05, 4.69) is 0 Å². The molecule has 1 aliphatic carbocycles. The number of unbranched alkanes of at least 4 members (excludes halogenated alkanes) is 1. The zero-order valence-corrected chi connectivity index (χ0v) is 26.4. The van der Waals surface area contributed by atoms with Crippen LogP contribution in [-0.2, 0) is 11.2 Å². The van der Waals surface area contributed by atoms with Crippen LogP contribution in [0.3, 0.4) is 0 Å². The number of carbonyl (C=O) groups excluding carboxylic acids is 3. The normalized spacial score (nSPS) is 14.0. The molecule has 0 radical (unpaired) electrons. The fourth-order valence-corrected chi connectivity index (χ4v) is 6.58. The third-order valence-corrected chi connectivity index (χ3v) is 8.01. The summed E-state index contributed by atoms with van der Waals surface area (Å²) in [7, 11) is 1.52. The quantitative estimate of drug-likeness (QED) is 0.186. The molecule has 4 rings (SSSR count). The Bertz CT molecular complexity index is 1520. The second-order valence-corrected chi connectivity index (χ2v) is 11.4. The third kappa shape index (κ3) is 6.42. The Morgan fingerprint density at radius 3 is 2.34 bits per heavy atom. The van der Waals surface area contributed by atoms with Gasteiger partial charge in [-0.3, -0.25) is 14.5 Å². The number of aliphatic carboxylic acids is 1. The lowest BCUT2D eigenvalue weighted by atomic mass is 9.89. The first-order valence-electron chi connectivity index (χ1n) is 12.6. The minimum Gasteiger partial charge on any atom is -0.497 e. The second kappa shape index (κ2) is 13.1. The van der Waals surface area contributed by atoms with Crippen molar-refractivity contribution in [3.05, 3.63) is 77.8 Å². The summed E-state index contributed by atoms with van der Waals surface area (Å²) >= 11 is 3.95. The second-order valence-electron chi connectivity index (χ2n) is 9.10. The van der Waals surface area contributed by atoms with Crippen molar-refractivity contribution in [1.82, 2.24) is 0 Å². The van der Waals surface area contributed by atoms with Gasteiger partial charge in [-0.2, -0.15) is 0 Å². The Labute approximate surface area is 263 Å². The lowest BCUT2D eigenvalue weighted by Crippen LogP contribution is -2.48. The molecule has 0 aliphatic heterocycles. The van der Waals surface area contributed by atoms with E-state index in [1.165, 1.54) is 13.2 Å². The molecule has 0 spiro atoms. The van der Waals surface area contributed by atoms with Crippen molar-refractivity contribution in [2.24, 2.45) is 5.73 Å². The van der Waals surface area contributed by atoms with E-state index in [0.29, 0.717) is 36.5 Å². The first kappa shape index (κ1) is 30.6. The number of aryl methyl sites for hydroxylation is 1. The van der Waals surface area contributed by atoms with Gasteiger partial charge in [-0.1, -0.05) is 19.4 Å². The van der Waals surface area contributed by atoms with Gasteiger partial charge in [-0.05, 0) is 94.1 Å². The van der Waals surface area contributed by atoms with Crippen molar-refractivity contribution in [3.8, 4) is 11.5 Å². The van der Waals surface area contributed by atoms with Crippen molar-refractivity contribution < 1.29 is 38.2 Å². The molecule has 2 amide bonds. The molecule has 10 nitrogen and oxygen atoms in total. The molecule has 214 valence electrons. The van der Waals surface area contributed by atoms with Crippen LogP contribution in [0.1, 0.15) is 57.6 Å². The largest absolute Gasteiger partial charge is 0.497 e. The first-order chi connectivity index (χ1) is 19.6. The summed E-state index contributed by atoms with van der Waals surface area (Å²) in [6, 6.07) is 7.75. The van der Waals surface area contributed by atoms with Crippen LogP contribution in [0.15, 0.2) is 46.9 Å². The van der Waals surface area contributed by atoms with Gasteiger partial charge >= 0.3 is 12.0 Å². The maximum absolute atomic E-state index is 14.0. The number of hydrogen-bond acceptors (Lipinski definition) is 7. The highest BCUT2D eigenvalue weighted by Gasteiger charge is 2.39. The van der Waals surface area contributed by atoms with E-state index in [1.807, 2.05) is 52.1 Å². The number of ketones is 2. The van der Waals surface area contributed by atoms with E-state index < -0.39 is 36.2 Å². The Balaban J connectivity index is 1.78. The summed E-state index contributed by atoms with van der Waals surface area (Å²) in [6.07, 6.45) is 5.11. The molecule has 0 fully saturated rings. The summed E-state index contributed by atoms with van der Waals surface area (Å²) in [6.45, 7) is 1.48. The molecule has 1 unspecified atom stereocenters.